The number of anilines is 1. The predicted molar refractivity (Wildman–Crippen MR) is 63.1 cm³/mol. The lowest BCUT2D eigenvalue weighted by molar-refractivity contribution is 0.687. The van der Waals surface area contributed by atoms with Crippen molar-refractivity contribution in [3.63, 3.8) is 0 Å². The van der Waals surface area contributed by atoms with Crippen molar-refractivity contribution in [3.8, 4) is 6.07 Å². The summed E-state index contributed by atoms with van der Waals surface area (Å²) >= 11 is 0. The molecule has 2 unspecified atom stereocenters. The smallest absolute Gasteiger partial charge is 0.142 e. The van der Waals surface area contributed by atoms with Gasteiger partial charge < -0.3 is 5.32 Å². The average Bonchev–Trinajstić information content (AvgIpc) is 2.89. The van der Waals surface area contributed by atoms with Crippen molar-refractivity contribution in [1.82, 2.24) is 9.78 Å². The van der Waals surface area contributed by atoms with Crippen LogP contribution >= 0.6 is 0 Å². The van der Waals surface area contributed by atoms with Crippen LogP contribution in [0.3, 0.4) is 0 Å². The van der Waals surface area contributed by atoms with E-state index in [2.05, 4.69) is 23.4 Å². The predicted octanol–water partition coefficient (Wildman–Crippen LogP) is 2.20. The molecule has 0 aliphatic heterocycles. The average molecular weight is 218 g/mol. The molecule has 2 rings (SSSR count). The molecular formula is C12H18N4. The van der Waals surface area contributed by atoms with Crippen LogP contribution in [0.15, 0.2) is 0 Å². The molecule has 1 fully saturated rings. The third-order valence-electron chi connectivity index (χ3n) is 3.24. The summed E-state index contributed by atoms with van der Waals surface area (Å²) in [5, 5.41) is 16.8. The molecule has 0 bridgehead atoms. The topological polar surface area (TPSA) is 53.6 Å². The molecule has 16 heavy (non-hydrogen) atoms. The van der Waals surface area contributed by atoms with Crippen molar-refractivity contribution in [2.45, 2.75) is 39.2 Å². The number of aromatic nitrogens is 2. The van der Waals surface area contributed by atoms with Crippen LogP contribution in [0, 0.1) is 24.2 Å². The number of nitrogens with zero attached hydrogens (tertiary/aromatic N) is 3. The molecule has 1 aromatic heterocycles. The van der Waals surface area contributed by atoms with Crippen LogP contribution in [0.5, 0.6) is 0 Å². The van der Waals surface area contributed by atoms with Gasteiger partial charge in [0.15, 0.2) is 0 Å². The maximum Gasteiger partial charge on any atom is 0.142 e. The molecule has 0 radical (unpaired) electrons. The molecule has 1 heterocycles. The highest BCUT2D eigenvalue weighted by molar-refractivity contribution is 5.56. The maximum absolute atomic E-state index is 9.07. The molecule has 0 saturated heterocycles. The zero-order valence-electron chi connectivity index (χ0n) is 10.1. The van der Waals surface area contributed by atoms with Gasteiger partial charge in [0.1, 0.15) is 17.5 Å². The monoisotopic (exact) mass is 218 g/mol. The summed E-state index contributed by atoms with van der Waals surface area (Å²) in [6.07, 6.45) is 3.73. The third kappa shape index (κ3) is 1.90. The van der Waals surface area contributed by atoms with E-state index in [1.54, 1.807) is 4.68 Å². The molecule has 1 saturated carbocycles. The second-order valence-corrected chi connectivity index (χ2v) is 4.58. The fraction of sp³-hybridized carbons (Fsp3) is 0.667. The molecular weight excluding hydrogens is 200 g/mol. The molecule has 1 aliphatic rings. The third-order valence-corrected chi connectivity index (χ3v) is 3.24. The normalized spacial score (nSPS) is 22.9. The van der Waals surface area contributed by atoms with Crippen molar-refractivity contribution in [3.05, 3.63) is 11.3 Å². The van der Waals surface area contributed by atoms with E-state index in [1.165, 1.54) is 19.3 Å². The standard InChI is InChI=1S/C12H18N4/c1-4-5-9-6-11(9)14-12-10(7-13)8(2)15-16(12)3/h9,11,14H,4-6H2,1-3H3. The first-order valence-corrected chi connectivity index (χ1v) is 5.87. The molecule has 1 aromatic rings. The van der Waals surface area contributed by atoms with Gasteiger partial charge in [-0.2, -0.15) is 10.4 Å². The first-order valence-electron chi connectivity index (χ1n) is 5.87. The van der Waals surface area contributed by atoms with E-state index in [4.69, 9.17) is 5.26 Å². The van der Waals surface area contributed by atoms with Gasteiger partial charge >= 0.3 is 0 Å². The number of nitriles is 1. The van der Waals surface area contributed by atoms with Gasteiger partial charge in [0.05, 0.1) is 5.69 Å². The summed E-state index contributed by atoms with van der Waals surface area (Å²) in [6, 6.07) is 2.76. The largest absolute Gasteiger partial charge is 0.366 e. The Morgan fingerprint density at radius 3 is 3.00 bits per heavy atom. The van der Waals surface area contributed by atoms with Gasteiger partial charge in [0.2, 0.25) is 0 Å². The summed E-state index contributed by atoms with van der Waals surface area (Å²) in [4.78, 5) is 0. The molecule has 0 spiro atoms. The lowest BCUT2D eigenvalue weighted by Crippen LogP contribution is -2.09. The highest BCUT2D eigenvalue weighted by Crippen LogP contribution is 2.37. The SMILES string of the molecule is CCCC1CC1Nc1c(C#N)c(C)nn1C. The van der Waals surface area contributed by atoms with Crippen LogP contribution in [0.1, 0.15) is 37.4 Å². The van der Waals surface area contributed by atoms with Crippen molar-refractivity contribution in [2.24, 2.45) is 13.0 Å². The number of hydrogen-bond donors (Lipinski definition) is 1. The summed E-state index contributed by atoms with van der Waals surface area (Å²) in [7, 11) is 1.88. The van der Waals surface area contributed by atoms with Gasteiger partial charge in [-0.3, -0.25) is 4.68 Å². The van der Waals surface area contributed by atoms with Crippen LogP contribution in [-0.2, 0) is 7.05 Å². The summed E-state index contributed by atoms with van der Waals surface area (Å²) in [5.74, 6) is 1.66. The summed E-state index contributed by atoms with van der Waals surface area (Å²) in [5.41, 5.74) is 1.49. The lowest BCUT2D eigenvalue weighted by Gasteiger charge is -2.06. The zero-order chi connectivity index (χ0) is 11.7. The van der Waals surface area contributed by atoms with Gasteiger partial charge in [-0.05, 0) is 25.7 Å². The van der Waals surface area contributed by atoms with Crippen molar-refractivity contribution < 1.29 is 0 Å². The van der Waals surface area contributed by atoms with Crippen molar-refractivity contribution in [1.29, 1.82) is 5.26 Å². The van der Waals surface area contributed by atoms with Gasteiger partial charge in [0, 0.05) is 13.1 Å². The second kappa shape index (κ2) is 4.17. The Labute approximate surface area is 96.3 Å². The van der Waals surface area contributed by atoms with E-state index in [9.17, 15) is 0 Å². The Morgan fingerprint density at radius 2 is 2.38 bits per heavy atom. The number of aryl methyl sites for hydroxylation is 2. The lowest BCUT2D eigenvalue weighted by atomic mass is 10.2. The van der Waals surface area contributed by atoms with Gasteiger partial charge in [-0.1, -0.05) is 13.3 Å². The summed E-state index contributed by atoms with van der Waals surface area (Å²) < 4.78 is 1.77. The molecule has 1 N–H and O–H groups in total. The van der Waals surface area contributed by atoms with E-state index >= 15 is 0 Å². The fourth-order valence-electron chi connectivity index (χ4n) is 2.25. The minimum atomic E-state index is 0.543. The Morgan fingerprint density at radius 1 is 1.62 bits per heavy atom. The van der Waals surface area contributed by atoms with Crippen molar-refractivity contribution in [2.75, 3.05) is 5.32 Å². The maximum atomic E-state index is 9.07. The van der Waals surface area contributed by atoms with Gasteiger partial charge in [0.25, 0.3) is 0 Å². The molecule has 0 amide bonds. The van der Waals surface area contributed by atoms with Gasteiger partial charge in [-0.15, -0.1) is 0 Å². The van der Waals surface area contributed by atoms with E-state index in [1.807, 2.05) is 14.0 Å². The first-order chi connectivity index (χ1) is 7.67. The highest BCUT2D eigenvalue weighted by atomic mass is 15.3. The zero-order valence-corrected chi connectivity index (χ0v) is 10.1. The number of nitrogens with one attached hydrogen (secondary N) is 1. The molecule has 0 aromatic carbocycles. The minimum Gasteiger partial charge on any atom is -0.366 e. The van der Waals surface area contributed by atoms with Crippen LogP contribution in [0.25, 0.3) is 0 Å². The quantitative estimate of drug-likeness (QED) is 0.843. The van der Waals surface area contributed by atoms with Gasteiger partial charge in [-0.25, -0.2) is 0 Å². The van der Waals surface area contributed by atoms with Crippen LogP contribution in [-0.4, -0.2) is 15.8 Å². The molecule has 4 heteroatoms. The number of hydrogen-bond acceptors (Lipinski definition) is 3. The van der Waals surface area contributed by atoms with Crippen molar-refractivity contribution >= 4 is 5.82 Å². The van der Waals surface area contributed by atoms with Crippen LogP contribution in [0.2, 0.25) is 0 Å². The van der Waals surface area contributed by atoms with E-state index in [0.29, 0.717) is 11.6 Å². The Kier molecular flexibility index (Phi) is 2.86. The van der Waals surface area contributed by atoms with E-state index in [0.717, 1.165) is 17.4 Å². The highest BCUT2D eigenvalue weighted by Gasteiger charge is 2.37. The van der Waals surface area contributed by atoms with E-state index in [-0.39, 0.29) is 0 Å². The minimum absolute atomic E-state index is 0.543. The molecule has 2 atom stereocenters. The first kappa shape index (κ1) is 11.0. The molecule has 4 nitrogen and oxygen atoms in total. The Bertz CT molecular complexity index is 427. The molecule has 86 valence electrons. The second-order valence-electron chi connectivity index (χ2n) is 4.58. The molecule has 1 aliphatic carbocycles. The number of rotatable bonds is 4. The summed E-state index contributed by atoms with van der Waals surface area (Å²) in [6.45, 7) is 4.09. The Balaban J connectivity index is 2.08. The van der Waals surface area contributed by atoms with E-state index < -0.39 is 0 Å². The van der Waals surface area contributed by atoms with Crippen LogP contribution < -0.4 is 5.32 Å². The Hall–Kier alpha value is -1.50. The fourth-order valence-corrected chi connectivity index (χ4v) is 2.25. The van der Waals surface area contributed by atoms with Crippen LogP contribution in [0.4, 0.5) is 5.82 Å².